The van der Waals surface area contributed by atoms with E-state index in [0.717, 1.165) is 10.4 Å². The van der Waals surface area contributed by atoms with Crippen LogP contribution in [0.3, 0.4) is 0 Å². The van der Waals surface area contributed by atoms with E-state index in [2.05, 4.69) is 10.1 Å². The predicted octanol–water partition coefficient (Wildman–Crippen LogP) is 6.38. The summed E-state index contributed by atoms with van der Waals surface area (Å²) < 4.78 is 6.07. The molecule has 0 aliphatic carbocycles. The number of hydrogen-bond acceptors (Lipinski definition) is 6. The Balaban J connectivity index is 1.54. The van der Waals surface area contributed by atoms with Crippen LogP contribution in [0.5, 0.6) is 0 Å². The van der Waals surface area contributed by atoms with E-state index in [4.69, 9.17) is 27.9 Å². The van der Waals surface area contributed by atoms with Gasteiger partial charge >= 0.3 is 0 Å². The third-order valence-electron chi connectivity index (χ3n) is 5.48. The second-order valence-electron chi connectivity index (χ2n) is 7.78. The minimum atomic E-state index is -1.01. The van der Waals surface area contributed by atoms with Crippen LogP contribution < -0.4 is 0 Å². The number of para-hydroxylation sites is 1. The van der Waals surface area contributed by atoms with Gasteiger partial charge in [0.25, 0.3) is 11.6 Å². The number of nitrogens with zero attached hydrogens (tertiary/aromatic N) is 4. The Morgan fingerprint density at radius 1 is 1.03 bits per heavy atom. The highest BCUT2D eigenvalue weighted by atomic mass is 35.5. The molecule has 8 nitrogen and oxygen atoms in total. The number of benzene rings is 3. The number of non-ortho nitro benzene ring substituents is 1. The molecule has 1 aromatic heterocycles. The van der Waals surface area contributed by atoms with Crippen LogP contribution in [0, 0.1) is 10.1 Å². The van der Waals surface area contributed by atoms with Crippen molar-refractivity contribution in [3.8, 4) is 0 Å². The first-order valence-corrected chi connectivity index (χ1v) is 11.5. The SMILES string of the molecule is O=C(/C=C/c1ccccc1Cl)N1N=C(c2ccc([N+](=O)[O-])cc2)OC1c1cc2ccccc2nc1Cl. The topological polar surface area (TPSA) is 97.9 Å². The molecule has 178 valence electrons. The second kappa shape index (κ2) is 9.77. The van der Waals surface area contributed by atoms with Crippen LogP contribution in [0.25, 0.3) is 17.0 Å². The summed E-state index contributed by atoms with van der Waals surface area (Å²) in [6, 6.07) is 22.0. The fraction of sp³-hybridized carbons (Fsp3) is 0.0385. The summed E-state index contributed by atoms with van der Waals surface area (Å²) in [5, 5.41) is 18.0. The summed E-state index contributed by atoms with van der Waals surface area (Å²) in [4.78, 5) is 28.2. The molecule has 3 aromatic carbocycles. The Kier molecular flexibility index (Phi) is 6.37. The number of carbonyl (C=O) groups excluding carboxylic acids is 1. The highest BCUT2D eigenvalue weighted by molar-refractivity contribution is 6.32. The number of pyridine rings is 1. The van der Waals surface area contributed by atoms with Gasteiger partial charge in [0, 0.05) is 34.2 Å². The van der Waals surface area contributed by atoms with Crippen molar-refractivity contribution in [2.24, 2.45) is 5.10 Å². The number of hydrazone groups is 1. The molecule has 2 heterocycles. The standard InChI is InChI=1S/C26H16Cl2N4O4/c27-21-7-3-1-5-16(21)11-14-23(33)31-26(20-15-18-6-2-4-8-22(18)29-24(20)28)36-25(30-31)17-9-12-19(13-10-17)32(34)35/h1-15,26H/b14-11+. The molecule has 1 aliphatic heterocycles. The summed E-state index contributed by atoms with van der Waals surface area (Å²) in [6.07, 6.45) is 1.91. The van der Waals surface area contributed by atoms with E-state index in [1.165, 1.54) is 30.3 Å². The molecular weight excluding hydrogens is 503 g/mol. The number of carbonyl (C=O) groups is 1. The molecule has 0 saturated carbocycles. The van der Waals surface area contributed by atoms with Gasteiger partial charge in [0.15, 0.2) is 0 Å². The molecule has 1 amide bonds. The highest BCUT2D eigenvalue weighted by Crippen LogP contribution is 2.35. The molecule has 10 heteroatoms. The number of halogens is 2. The fourth-order valence-electron chi connectivity index (χ4n) is 3.67. The predicted molar refractivity (Wildman–Crippen MR) is 138 cm³/mol. The van der Waals surface area contributed by atoms with Crippen molar-refractivity contribution >= 4 is 57.7 Å². The lowest BCUT2D eigenvalue weighted by molar-refractivity contribution is -0.384. The minimum absolute atomic E-state index is 0.0775. The quantitative estimate of drug-likeness (QED) is 0.132. The maximum Gasteiger partial charge on any atom is 0.270 e. The van der Waals surface area contributed by atoms with E-state index >= 15 is 0 Å². The van der Waals surface area contributed by atoms with Gasteiger partial charge in [-0.1, -0.05) is 59.6 Å². The maximum absolute atomic E-state index is 13.3. The Labute approximate surface area is 215 Å². The summed E-state index contributed by atoms with van der Waals surface area (Å²) in [6.45, 7) is 0. The first-order valence-electron chi connectivity index (χ1n) is 10.7. The third kappa shape index (κ3) is 4.64. The van der Waals surface area contributed by atoms with E-state index in [1.54, 1.807) is 30.3 Å². The number of nitro groups is 1. The number of aromatic nitrogens is 1. The molecule has 36 heavy (non-hydrogen) atoms. The van der Waals surface area contributed by atoms with Crippen molar-refractivity contribution in [1.82, 2.24) is 9.99 Å². The van der Waals surface area contributed by atoms with Gasteiger partial charge in [-0.2, -0.15) is 5.01 Å². The summed E-state index contributed by atoms with van der Waals surface area (Å²) in [5.41, 5.74) is 2.18. The third-order valence-corrected chi connectivity index (χ3v) is 6.12. The van der Waals surface area contributed by atoms with Crippen molar-refractivity contribution in [2.75, 3.05) is 0 Å². The van der Waals surface area contributed by atoms with Crippen LogP contribution in [0.2, 0.25) is 10.2 Å². The van der Waals surface area contributed by atoms with E-state index < -0.39 is 17.1 Å². The number of nitro benzene ring substituents is 1. The number of ether oxygens (including phenoxy) is 1. The summed E-state index contributed by atoms with van der Waals surface area (Å²) in [7, 11) is 0. The van der Waals surface area contributed by atoms with Crippen molar-refractivity contribution in [2.45, 2.75) is 6.23 Å². The molecule has 0 spiro atoms. The first-order chi connectivity index (χ1) is 17.4. The Morgan fingerprint density at radius 2 is 1.75 bits per heavy atom. The minimum Gasteiger partial charge on any atom is -0.446 e. The van der Waals surface area contributed by atoms with Crippen LogP contribution in [0.4, 0.5) is 5.69 Å². The van der Waals surface area contributed by atoms with E-state index in [9.17, 15) is 14.9 Å². The van der Waals surface area contributed by atoms with Gasteiger partial charge in [-0.25, -0.2) is 4.98 Å². The molecule has 0 radical (unpaired) electrons. The van der Waals surface area contributed by atoms with E-state index in [0.29, 0.717) is 27.2 Å². The van der Waals surface area contributed by atoms with Crippen LogP contribution >= 0.6 is 23.2 Å². The van der Waals surface area contributed by atoms with Crippen LogP contribution in [-0.2, 0) is 9.53 Å². The molecule has 5 rings (SSSR count). The summed E-state index contributed by atoms with van der Waals surface area (Å²) in [5.74, 6) is -0.375. The highest BCUT2D eigenvalue weighted by Gasteiger charge is 2.36. The largest absolute Gasteiger partial charge is 0.446 e. The molecule has 1 unspecified atom stereocenters. The number of hydrogen-bond donors (Lipinski definition) is 0. The second-order valence-corrected chi connectivity index (χ2v) is 8.54. The van der Waals surface area contributed by atoms with Crippen molar-refractivity contribution < 1.29 is 14.5 Å². The number of amides is 1. The number of rotatable bonds is 5. The van der Waals surface area contributed by atoms with Gasteiger partial charge in [-0.05, 0) is 42.0 Å². The average molecular weight is 519 g/mol. The van der Waals surface area contributed by atoms with Crippen LogP contribution in [0.1, 0.15) is 22.9 Å². The molecule has 1 atom stereocenters. The number of fused-ring (bicyclic) bond motifs is 1. The van der Waals surface area contributed by atoms with Gasteiger partial charge in [-0.3, -0.25) is 14.9 Å². The Hall–Kier alpha value is -4.27. The smallest absolute Gasteiger partial charge is 0.270 e. The summed E-state index contributed by atoms with van der Waals surface area (Å²) >= 11 is 12.7. The molecule has 0 saturated heterocycles. The van der Waals surface area contributed by atoms with E-state index in [1.807, 2.05) is 30.3 Å². The van der Waals surface area contributed by atoms with Crippen molar-refractivity contribution in [3.05, 3.63) is 122 Å². The first kappa shape index (κ1) is 23.5. The lowest BCUT2D eigenvalue weighted by atomic mass is 10.1. The van der Waals surface area contributed by atoms with Gasteiger partial charge in [0.05, 0.1) is 16.0 Å². The lowest BCUT2D eigenvalue weighted by Crippen LogP contribution is -2.26. The molecule has 1 aliphatic rings. The Bertz CT molecular complexity index is 1550. The lowest BCUT2D eigenvalue weighted by Gasteiger charge is -2.20. The van der Waals surface area contributed by atoms with Gasteiger partial charge in [-0.15, -0.1) is 5.10 Å². The normalized spacial score (nSPS) is 15.2. The van der Waals surface area contributed by atoms with Crippen LogP contribution in [0.15, 0.2) is 90.0 Å². The fourth-order valence-corrected chi connectivity index (χ4v) is 4.11. The Morgan fingerprint density at radius 3 is 2.50 bits per heavy atom. The van der Waals surface area contributed by atoms with E-state index in [-0.39, 0.29) is 16.7 Å². The molecular formula is C26H16Cl2N4O4. The zero-order valence-electron chi connectivity index (χ0n) is 18.4. The van der Waals surface area contributed by atoms with Crippen molar-refractivity contribution in [3.63, 3.8) is 0 Å². The zero-order valence-corrected chi connectivity index (χ0v) is 19.9. The molecule has 0 N–H and O–H groups in total. The average Bonchev–Trinajstić information content (AvgIpc) is 3.33. The molecule has 0 bridgehead atoms. The van der Waals surface area contributed by atoms with Gasteiger partial charge < -0.3 is 4.74 Å². The zero-order chi connectivity index (χ0) is 25.2. The molecule has 4 aromatic rings. The monoisotopic (exact) mass is 518 g/mol. The van der Waals surface area contributed by atoms with Gasteiger partial charge in [0.1, 0.15) is 5.15 Å². The van der Waals surface area contributed by atoms with Gasteiger partial charge in [0.2, 0.25) is 12.1 Å². The maximum atomic E-state index is 13.3. The molecule has 0 fully saturated rings. The van der Waals surface area contributed by atoms with Crippen molar-refractivity contribution in [1.29, 1.82) is 0 Å². The van der Waals surface area contributed by atoms with Crippen LogP contribution in [-0.4, -0.2) is 26.7 Å².